The lowest BCUT2D eigenvalue weighted by molar-refractivity contribution is -0.120. The molecule has 0 bridgehead atoms. The van der Waals surface area contributed by atoms with Crippen LogP contribution in [0.2, 0.25) is 0 Å². The van der Waals surface area contributed by atoms with Crippen LogP contribution in [-0.2, 0) is 14.8 Å². The van der Waals surface area contributed by atoms with Crippen LogP contribution in [0, 0.1) is 12.8 Å². The molecular weight excluding hydrogens is 388 g/mol. The zero-order valence-corrected chi connectivity index (χ0v) is 15.9. The second-order valence-corrected chi connectivity index (χ2v) is 8.48. The highest BCUT2D eigenvalue weighted by Gasteiger charge is 2.35. The van der Waals surface area contributed by atoms with E-state index in [1.54, 1.807) is 0 Å². The topological polar surface area (TPSA) is 152 Å². The number of nitrogens with one attached hydrogen (secondary N) is 3. The number of aromatic nitrogens is 2. The van der Waals surface area contributed by atoms with Gasteiger partial charge in [0.1, 0.15) is 5.75 Å². The first-order chi connectivity index (χ1) is 13.2. The van der Waals surface area contributed by atoms with E-state index in [4.69, 9.17) is 0 Å². The van der Waals surface area contributed by atoms with E-state index < -0.39 is 32.1 Å². The molecule has 3 rings (SSSR count). The van der Waals surface area contributed by atoms with Gasteiger partial charge in [0.05, 0.1) is 5.92 Å². The Morgan fingerprint density at radius 3 is 2.54 bits per heavy atom. The summed E-state index contributed by atoms with van der Waals surface area (Å²) in [6, 6.07) is 5.93. The number of hydrogen-bond donors (Lipinski definition) is 4. The highest BCUT2D eigenvalue weighted by atomic mass is 32.2. The number of carbonyl (C=O) groups excluding carboxylic acids is 1. The summed E-state index contributed by atoms with van der Waals surface area (Å²) in [5.74, 6) is -0.883. The summed E-state index contributed by atoms with van der Waals surface area (Å²) < 4.78 is 26.9. The van der Waals surface area contributed by atoms with Gasteiger partial charge in [-0.2, -0.15) is 4.31 Å². The van der Waals surface area contributed by atoms with Crippen molar-refractivity contribution in [2.75, 3.05) is 18.4 Å². The number of carbonyl (C=O) groups is 1. The van der Waals surface area contributed by atoms with Crippen LogP contribution < -0.4 is 16.6 Å². The molecule has 1 aliphatic heterocycles. The number of amides is 1. The number of piperidine rings is 1. The number of phenols is 1. The summed E-state index contributed by atoms with van der Waals surface area (Å²) in [5.41, 5.74) is -1.34. The number of aromatic amines is 2. The van der Waals surface area contributed by atoms with E-state index >= 15 is 0 Å². The number of sulfonamides is 1. The molecule has 1 aromatic carbocycles. The smallest absolute Gasteiger partial charge is 0.325 e. The van der Waals surface area contributed by atoms with Gasteiger partial charge < -0.3 is 15.4 Å². The van der Waals surface area contributed by atoms with Gasteiger partial charge in [-0.25, -0.2) is 13.2 Å². The zero-order chi connectivity index (χ0) is 20.5. The Hall–Kier alpha value is -2.92. The molecule has 0 radical (unpaired) electrons. The average molecular weight is 408 g/mol. The van der Waals surface area contributed by atoms with E-state index in [0.717, 1.165) is 4.31 Å². The van der Waals surface area contributed by atoms with Gasteiger partial charge in [-0.3, -0.25) is 14.6 Å². The van der Waals surface area contributed by atoms with Crippen LogP contribution in [-0.4, -0.2) is 46.8 Å². The van der Waals surface area contributed by atoms with Crippen LogP contribution >= 0.6 is 0 Å². The number of nitrogens with zero attached hydrogens (tertiary/aromatic N) is 1. The van der Waals surface area contributed by atoms with Crippen molar-refractivity contribution >= 4 is 21.6 Å². The van der Waals surface area contributed by atoms with Crippen LogP contribution in [0.1, 0.15) is 18.5 Å². The van der Waals surface area contributed by atoms with Gasteiger partial charge >= 0.3 is 5.69 Å². The van der Waals surface area contributed by atoms with E-state index in [1.807, 2.05) is 4.98 Å². The fourth-order valence-corrected chi connectivity index (χ4v) is 4.92. The Morgan fingerprint density at radius 1 is 1.21 bits per heavy atom. The molecule has 1 unspecified atom stereocenters. The van der Waals surface area contributed by atoms with E-state index in [0.29, 0.717) is 18.5 Å². The number of rotatable bonds is 4. The maximum absolute atomic E-state index is 12.9. The van der Waals surface area contributed by atoms with Crippen LogP contribution in [0.3, 0.4) is 0 Å². The summed E-state index contributed by atoms with van der Waals surface area (Å²) in [7, 11) is -4.18. The molecule has 1 aromatic heterocycles. The largest absolute Gasteiger partial charge is 0.508 e. The third-order valence-electron chi connectivity index (χ3n) is 4.56. The Morgan fingerprint density at radius 2 is 1.89 bits per heavy atom. The molecule has 0 saturated carbocycles. The molecule has 10 nitrogen and oxygen atoms in total. The number of anilines is 1. The Bertz CT molecular complexity index is 1100. The lowest BCUT2D eigenvalue weighted by Crippen LogP contribution is -2.45. The molecule has 1 atom stereocenters. The number of benzene rings is 1. The molecule has 2 heterocycles. The lowest BCUT2D eigenvalue weighted by Gasteiger charge is -2.31. The van der Waals surface area contributed by atoms with Gasteiger partial charge in [0, 0.05) is 24.5 Å². The number of aryl methyl sites for hydroxylation is 1. The molecule has 150 valence electrons. The van der Waals surface area contributed by atoms with Crippen molar-refractivity contribution in [2.45, 2.75) is 24.7 Å². The summed E-state index contributed by atoms with van der Waals surface area (Å²) in [6.07, 6.45) is 0.949. The SMILES string of the molecule is Cc1[nH]c(=O)[nH]c(=O)c1S(=O)(=O)N1CCCC(C(=O)Nc2ccc(O)cc2)C1. The van der Waals surface area contributed by atoms with E-state index in [2.05, 4.69) is 10.3 Å². The summed E-state index contributed by atoms with van der Waals surface area (Å²) in [4.78, 5) is 39.6. The van der Waals surface area contributed by atoms with Gasteiger partial charge in [0.15, 0.2) is 4.90 Å². The van der Waals surface area contributed by atoms with Crippen molar-refractivity contribution in [3.63, 3.8) is 0 Å². The molecular formula is C17H20N4O6S. The molecule has 0 spiro atoms. The quantitative estimate of drug-likeness (QED) is 0.527. The minimum atomic E-state index is -4.18. The minimum absolute atomic E-state index is 0.0515. The molecule has 2 aromatic rings. The predicted octanol–water partition coefficient (Wildman–Crippen LogP) is 0.117. The van der Waals surface area contributed by atoms with Crippen LogP contribution in [0.15, 0.2) is 38.8 Å². The van der Waals surface area contributed by atoms with E-state index in [9.17, 15) is 27.9 Å². The first-order valence-electron chi connectivity index (χ1n) is 8.62. The number of H-pyrrole nitrogens is 2. The molecule has 1 amide bonds. The Kier molecular flexibility index (Phi) is 5.38. The van der Waals surface area contributed by atoms with Gasteiger partial charge in [-0.05, 0) is 44.0 Å². The lowest BCUT2D eigenvalue weighted by atomic mass is 9.99. The number of phenolic OH excluding ortho intramolecular Hbond substituents is 1. The highest BCUT2D eigenvalue weighted by molar-refractivity contribution is 7.89. The monoisotopic (exact) mass is 408 g/mol. The van der Waals surface area contributed by atoms with Crippen molar-refractivity contribution in [1.82, 2.24) is 14.3 Å². The molecule has 1 saturated heterocycles. The van der Waals surface area contributed by atoms with Crippen LogP contribution in [0.4, 0.5) is 5.69 Å². The molecule has 4 N–H and O–H groups in total. The highest BCUT2D eigenvalue weighted by Crippen LogP contribution is 2.24. The maximum atomic E-state index is 12.9. The van der Waals surface area contributed by atoms with Crippen molar-refractivity contribution in [3.8, 4) is 5.75 Å². The molecule has 0 aliphatic carbocycles. The van der Waals surface area contributed by atoms with Crippen molar-refractivity contribution in [3.05, 3.63) is 50.8 Å². The van der Waals surface area contributed by atoms with Gasteiger partial charge in [-0.15, -0.1) is 0 Å². The average Bonchev–Trinajstić information content (AvgIpc) is 2.62. The summed E-state index contributed by atoms with van der Waals surface area (Å²) in [5, 5.41) is 12.0. The van der Waals surface area contributed by atoms with E-state index in [1.165, 1.54) is 31.2 Å². The summed E-state index contributed by atoms with van der Waals surface area (Å²) in [6.45, 7) is 1.43. The van der Waals surface area contributed by atoms with Crippen molar-refractivity contribution < 1.29 is 18.3 Å². The number of hydrogen-bond acceptors (Lipinski definition) is 6. The van der Waals surface area contributed by atoms with Gasteiger partial charge in [0.25, 0.3) is 5.56 Å². The standard InChI is InChI=1S/C17H20N4O6S/c1-10-14(16(24)20-17(25)18-10)28(26,27)21-8-2-3-11(9-21)15(23)19-12-4-6-13(22)7-5-12/h4-7,11,22H,2-3,8-9H2,1H3,(H,19,23)(H2,18,20,24,25). The number of aromatic hydroxyl groups is 1. The fourth-order valence-electron chi connectivity index (χ4n) is 3.19. The predicted molar refractivity (Wildman–Crippen MR) is 101 cm³/mol. The third-order valence-corrected chi connectivity index (χ3v) is 6.58. The minimum Gasteiger partial charge on any atom is -0.508 e. The maximum Gasteiger partial charge on any atom is 0.325 e. The molecule has 28 heavy (non-hydrogen) atoms. The Labute approximate surface area is 160 Å². The van der Waals surface area contributed by atoms with Crippen LogP contribution in [0.5, 0.6) is 5.75 Å². The molecule has 1 fully saturated rings. The molecule has 1 aliphatic rings. The normalized spacial score (nSPS) is 18.0. The fraction of sp³-hybridized carbons (Fsp3) is 0.353. The first-order valence-corrected chi connectivity index (χ1v) is 10.1. The van der Waals surface area contributed by atoms with Gasteiger partial charge in [0.2, 0.25) is 15.9 Å². The molecule has 11 heteroatoms. The summed E-state index contributed by atoms with van der Waals surface area (Å²) >= 11 is 0. The second-order valence-electron chi connectivity index (χ2n) is 6.60. The van der Waals surface area contributed by atoms with Crippen molar-refractivity contribution in [1.29, 1.82) is 0 Å². The first kappa shape index (κ1) is 19.8. The second kappa shape index (κ2) is 7.60. The van der Waals surface area contributed by atoms with Gasteiger partial charge in [-0.1, -0.05) is 0 Å². The third kappa shape index (κ3) is 3.99. The zero-order valence-electron chi connectivity index (χ0n) is 15.1. The van der Waals surface area contributed by atoms with Crippen molar-refractivity contribution in [2.24, 2.45) is 5.92 Å². The van der Waals surface area contributed by atoms with E-state index in [-0.39, 0.29) is 30.4 Å². The van der Waals surface area contributed by atoms with Crippen LogP contribution in [0.25, 0.3) is 0 Å². The Balaban J connectivity index is 1.81.